The molecule has 6 heteroatoms. The zero-order chi connectivity index (χ0) is 19.9. The van der Waals surface area contributed by atoms with Gasteiger partial charge in [0.05, 0.1) is 24.5 Å². The van der Waals surface area contributed by atoms with Crippen LogP contribution in [0, 0.1) is 0 Å². The molecule has 150 valence electrons. The van der Waals surface area contributed by atoms with Gasteiger partial charge in [0.25, 0.3) is 0 Å². The van der Waals surface area contributed by atoms with Crippen LogP contribution in [-0.4, -0.2) is 23.2 Å². The maximum Gasteiger partial charge on any atom is 0.161 e. The van der Waals surface area contributed by atoms with Crippen LogP contribution in [0.5, 0.6) is 11.5 Å². The highest BCUT2D eigenvalue weighted by Crippen LogP contribution is 2.29. The van der Waals surface area contributed by atoms with Crippen molar-refractivity contribution in [2.45, 2.75) is 26.1 Å². The van der Waals surface area contributed by atoms with Crippen molar-refractivity contribution in [2.24, 2.45) is 0 Å². The first kappa shape index (κ1) is 19.5. The van der Waals surface area contributed by atoms with Crippen LogP contribution in [-0.2, 0) is 19.7 Å². The Bertz CT molecular complexity index is 1040. The fourth-order valence-electron chi connectivity index (χ4n) is 3.28. The molecule has 0 amide bonds. The zero-order valence-electron chi connectivity index (χ0n) is 16.5. The van der Waals surface area contributed by atoms with E-state index in [0.717, 1.165) is 43.1 Å². The Balaban J connectivity index is 1.25. The van der Waals surface area contributed by atoms with E-state index in [1.54, 1.807) is 18.4 Å². The summed E-state index contributed by atoms with van der Waals surface area (Å²) in [4.78, 5) is 5.64. The van der Waals surface area contributed by atoms with Crippen LogP contribution in [0.1, 0.15) is 16.9 Å². The number of benzene rings is 2. The number of para-hydroxylation sites is 2. The molecule has 1 N–H and O–H groups in total. The van der Waals surface area contributed by atoms with E-state index in [9.17, 15) is 0 Å². The fourth-order valence-corrected chi connectivity index (χ4v) is 3.90. The Kier molecular flexibility index (Phi) is 6.44. The average Bonchev–Trinajstić information content (AvgIpc) is 3.42. The van der Waals surface area contributed by atoms with Crippen LogP contribution >= 0.6 is 11.3 Å². The summed E-state index contributed by atoms with van der Waals surface area (Å²) in [6.07, 6.45) is 2.96. The lowest BCUT2D eigenvalue weighted by atomic mass is 10.2. The Morgan fingerprint density at radius 2 is 2.00 bits per heavy atom. The molecule has 0 aliphatic rings. The average molecular weight is 408 g/mol. The molecule has 4 aromatic rings. The number of methoxy groups -OCH3 is 1. The summed E-state index contributed by atoms with van der Waals surface area (Å²) >= 11 is 1.69. The van der Waals surface area contributed by atoms with E-state index in [-0.39, 0.29) is 0 Å². The molecule has 2 heterocycles. The minimum absolute atomic E-state index is 0.564. The standard InChI is InChI=1S/C23H25N3O2S/c1-27-23-14-18(9-10-22(23)28-16-19-6-4-13-29-19)15-24-11-5-12-26-17-25-20-7-2-3-8-21(20)26/h2-4,6-10,13-14,17,24H,5,11-12,15-16H2,1H3. The van der Waals surface area contributed by atoms with Gasteiger partial charge in [0.2, 0.25) is 0 Å². The van der Waals surface area contributed by atoms with Gasteiger partial charge in [0, 0.05) is 18.0 Å². The molecule has 5 nitrogen and oxygen atoms in total. The van der Waals surface area contributed by atoms with Crippen molar-refractivity contribution in [3.8, 4) is 11.5 Å². The molecule has 0 saturated heterocycles. The van der Waals surface area contributed by atoms with Crippen molar-refractivity contribution in [3.05, 3.63) is 76.7 Å². The molecule has 2 aromatic heterocycles. The molecule has 0 bridgehead atoms. The van der Waals surface area contributed by atoms with Crippen LogP contribution in [0.3, 0.4) is 0 Å². The molecule has 0 unspecified atom stereocenters. The topological polar surface area (TPSA) is 48.3 Å². The first-order valence-electron chi connectivity index (χ1n) is 9.76. The number of rotatable bonds is 10. The second-order valence-electron chi connectivity index (χ2n) is 6.81. The van der Waals surface area contributed by atoms with Crippen molar-refractivity contribution in [1.82, 2.24) is 14.9 Å². The lowest BCUT2D eigenvalue weighted by molar-refractivity contribution is 0.287. The molecule has 0 radical (unpaired) electrons. The van der Waals surface area contributed by atoms with Gasteiger partial charge in [0.15, 0.2) is 11.5 Å². The largest absolute Gasteiger partial charge is 0.493 e. The van der Waals surface area contributed by atoms with Gasteiger partial charge >= 0.3 is 0 Å². The molecule has 29 heavy (non-hydrogen) atoms. The van der Waals surface area contributed by atoms with Gasteiger partial charge in [-0.3, -0.25) is 0 Å². The Morgan fingerprint density at radius 3 is 2.86 bits per heavy atom. The van der Waals surface area contributed by atoms with E-state index < -0.39 is 0 Å². The van der Waals surface area contributed by atoms with Crippen molar-refractivity contribution >= 4 is 22.4 Å². The predicted molar refractivity (Wildman–Crippen MR) is 118 cm³/mol. The van der Waals surface area contributed by atoms with E-state index in [1.807, 2.05) is 36.7 Å². The highest BCUT2D eigenvalue weighted by Gasteiger charge is 2.07. The van der Waals surface area contributed by atoms with E-state index in [2.05, 4.69) is 44.5 Å². The van der Waals surface area contributed by atoms with E-state index in [4.69, 9.17) is 9.47 Å². The molecule has 0 spiro atoms. The normalized spacial score (nSPS) is 11.1. The fraction of sp³-hybridized carbons (Fsp3) is 0.261. The minimum Gasteiger partial charge on any atom is -0.493 e. The number of nitrogens with one attached hydrogen (secondary N) is 1. The first-order valence-corrected chi connectivity index (χ1v) is 10.6. The van der Waals surface area contributed by atoms with Gasteiger partial charge in [-0.1, -0.05) is 24.3 Å². The Labute approximate surface area is 174 Å². The van der Waals surface area contributed by atoms with Crippen LogP contribution in [0.4, 0.5) is 0 Å². The molecular formula is C23H25N3O2S. The first-order chi connectivity index (χ1) is 14.3. The second-order valence-corrected chi connectivity index (χ2v) is 7.84. The van der Waals surface area contributed by atoms with Gasteiger partial charge in [-0.05, 0) is 54.2 Å². The highest BCUT2D eigenvalue weighted by molar-refractivity contribution is 7.09. The smallest absolute Gasteiger partial charge is 0.161 e. The molecule has 0 aliphatic heterocycles. The van der Waals surface area contributed by atoms with Crippen molar-refractivity contribution < 1.29 is 9.47 Å². The molecule has 0 atom stereocenters. The lowest BCUT2D eigenvalue weighted by Crippen LogP contribution is -2.16. The van der Waals surface area contributed by atoms with Crippen LogP contribution in [0.15, 0.2) is 66.3 Å². The van der Waals surface area contributed by atoms with Gasteiger partial charge in [-0.25, -0.2) is 4.98 Å². The van der Waals surface area contributed by atoms with Gasteiger partial charge in [0.1, 0.15) is 6.61 Å². The van der Waals surface area contributed by atoms with Gasteiger partial charge in [-0.15, -0.1) is 11.3 Å². The Hall–Kier alpha value is -2.83. The predicted octanol–water partition coefficient (Wildman–Crippen LogP) is 4.87. The van der Waals surface area contributed by atoms with Gasteiger partial charge in [-0.2, -0.15) is 0 Å². The number of hydrogen-bond acceptors (Lipinski definition) is 5. The van der Waals surface area contributed by atoms with Crippen LogP contribution in [0.25, 0.3) is 11.0 Å². The third-order valence-electron chi connectivity index (χ3n) is 4.79. The van der Waals surface area contributed by atoms with Crippen molar-refractivity contribution in [2.75, 3.05) is 13.7 Å². The summed E-state index contributed by atoms with van der Waals surface area (Å²) in [5.41, 5.74) is 3.42. The number of imidazole rings is 1. The maximum atomic E-state index is 5.90. The maximum absolute atomic E-state index is 5.90. The lowest BCUT2D eigenvalue weighted by Gasteiger charge is -2.12. The van der Waals surface area contributed by atoms with Crippen molar-refractivity contribution in [1.29, 1.82) is 0 Å². The SMILES string of the molecule is COc1cc(CNCCCn2cnc3ccccc32)ccc1OCc1cccs1. The third-order valence-corrected chi connectivity index (χ3v) is 5.64. The number of fused-ring (bicyclic) bond motifs is 1. The Morgan fingerprint density at radius 1 is 1.07 bits per heavy atom. The summed E-state index contributed by atoms with van der Waals surface area (Å²) in [5, 5.41) is 5.56. The number of nitrogens with zero attached hydrogens (tertiary/aromatic N) is 2. The quantitative estimate of drug-likeness (QED) is 0.381. The molecule has 2 aromatic carbocycles. The summed E-state index contributed by atoms with van der Waals surface area (Å²) in [5.74, 6) is 1.54. The molecule has 4 rings (SSSR count). The third kappa shape index (κ3) is 4.96. The summed E-state index contributed by atoms with van der Waals surface area (Å²) in [7, 11) is 1.68. The van der Waals surface area contributed by atoms with Gasteiger partial charge < -0.3 is 19.4 Å². The molecule has 0 saturated carbocycles. The molecule has 0 fully saturated rings. The van der Waals surface area contributed by atoms with Crippen LogP contribution in [0.2, 0.25) is 0 Å². The summed E-state index contributed by atoms with van der Waals surface area (Å²) in [6.45, 7) is 3.25. The van der Waals surface area contributed by atoms with E-state index in [1.165, 1.54) is 16.0 Å². The summed E-state index contributed by atoms with van der Waals surface area (Å²) in [6, 6.07) is 18.5. The number of aromatic nitrogens is 2. The monoisotopic (exact) mass is 407 g/mol. The zero-order valence-corrected chi connectivity index (χ0v) is 17.3. The number of hydrogen-bond donors (Lipinski definition) is 1. The minimum atomic E-state index is 0.564. The highest BCUT2D eigenvalue weighted by atomic mass is 32.1. The second kappa shape index (κ2) is 9.58. The number of thiophene rings is 1. The van der Waals surface area contributed by atoms with E-state index >= 15 is 0 Å². The van der Waals surface area contributed by atoms with E-state index in [0.29, 0.717) is 6.61 Å². The summed E-state index contributed by atoms with van der Waals surface area (Å²) < 4.78 is 13.6. The molecular weight excluding hydrogens is 382 g/mol. The number of aryl methyl sites for hydroxylation is 1. The van der Waals surface area contributed by atoms with Crippen LogP contribution < -0.4 is 14.8 Å². The van der Waals surface area contributed by atoms with Crippen molar-refractivity contribution in [3.63, 3.8) is 0 Å². The number of ether oxygens (including phenoxy) is 2. The molecule has 0 aliphatic carbocycles.